The maximum atomic E-state index is 11.0. The SMILES string of the molecule is Cc1nc2nn1COCC[Si](C)(C)c1nc(-c3ccc([C@H]4CC[C@H](CC(=O)O)CC4)cc3)ccc1-2. The van der Waals surface area contributed by atoms with Crippen molar-refractivity contribution in [1.82, 2.24) is 19.7 Å². The van der Waals surface area contributed by atoms with Crippen LogP contribution in [0.25, 0.3) is 22.6 Å². The fourth-order valence-electron chi connectivity index (χ4n) is 5.44. The lowest BCUT2D eigenvalue weighted by molar-refractivity contribution is -0.138. The summed E-state index contributed by atoms with van der Waals surface area (Å²) in [5.41, 5.74) is 4.49. The van der Waals surface area contributed by atoms with Gasteiger partial charge in [0, 0.05) is 29.5 Å². The third-order valence-corrected chi connectivity index (χ3v) is 10.8. The number of aromatic nitrogens is 4. The van der Waals surface area contributed by atoms with Crippen molar-refractivity contribution < 1.29 is 14.6 Å². The van der Waals surface area contributed by atoms with Crippen molar-refractivity contribution in [2.24, 2.45) is 5.92 Å². The third kappa shape index (κ3) is 5.09. The predicted molar refractivity (Wildman–Crippen MR) is 138 cm³/mol. The van der Waals surface area contributed by atoms with Gasteiger partial charge in [-0.25, -0.2) is 9.67 Å². The molecule has 1 N–H and O–H groups in total. The van der Waals surface area contributed by atoms with E-state index in [2.05, 4.69) is 49.5 Å². The Balaban J connectivity index is 1.41. The maximum absolute atomic E-state index is 11.0. The molecule has 3 heterocycles. The Labute approximate surface area is 207 Å². The van der Waals surface area contributed by atoms with Crippen molar-refractivity contribution in [2.45, 2.75) is 70.8 Å². The van der Waals surface area contributed by atoms with Crippen LogP contribution in [0.5, 0.6) is 0 Å². The second-order valence-electron chi connectivity index (χ2n) is 10.7. The normalized spacial score (nSPS) is 21.8. The van der Waals surface area contributed by atoms with E-state index >= 15 is 0 Å². The lowest BCUT2D eigenvalue weighted by atomic mass is 9.77. The molecule has 0 spiro atoms. The van der Waals surface area contributed by atoms with E-state index in [9.17, 15) is 4.79 Å². The van der Waals surface area contributed by atoms with E-state index < -0.39 is 14.0 Å². The lowest BCUT2D eigenvalue weighted by Crippen LogP contribution is -2.46. The summed E-state index contributed by atoms with van der Waals surface area (Å²) in [5, 5.41) is 14.9. The van der Waals surface area contributed by atoms with E-state index in [0.29, 0.717) is 31.6 Å². The van der Waals surface area contributed by atoms with Crippen LogP contribution < -0.4 is 5.32 Å². The number of aliphatic carboxylic acids is 1. The van der Waals surface area contributed by atoms with Gasteiger partial charge in [-0.05, 0) is 68.2 Å². The molecule has 2 aromatic heterocycles. The van der Waals surface area contributed by atoms with Crippen LogP contribution in [-0.4, -0.2) is 45.5 Å². The predicted octanol–water partition coefficient (Wildman–Crippen LogP) is 4.97. The van der Waals surface area contributed by atoms with Crippen molar-refractivity contribution in [2.75, 3.05) is 6.61 Å². The minimum atomic E-state index is -1.88. The zero-order valence-electron chi connectivity index (χ0n) is 20.8. The molecule has 0 saturated heterocycles. The Morgan fingerprint density at radius 1 is 1.09 bits per heavy atom. The average molecular weight is 491 g/mol. The summed E-state index contributed by atoms with van der Waals surface area (Å²) in [6.07, 6.45) is 4.43. The quantitative estimate of drug-likeness (QED) is 0.520. The molecule has 0 unspecified atom stereocenters. The van der Waals surface area contributed by atoms with Gasteiger partial charge in [0.1, 0.15) is 20.6 Å². The number of aryl methyl sites for hydroxylation is 1. The summed E-state index contributed by atoms with van der Waals surface area (Å²) in [7, 11) is -1.88. The van der Waals surface area contributed by atoms with Crippen LogP contribution >= 0.6 is 0 Å². The molecule has 184 valence electrons. The number of benzene rings is 1. The lowest BCUT2D eigenvalue weighted by Gasteiger charge is -2.28. The molecule has 1 aliphatic heterocycles. The van der Waals surface area contributed by atoms with Crippen molar-refractivity contribution in [3.63, 3.8) is 0 Å². The van der Waals surface area contributed by atoms with Gasteiger partial charge < -0.3 is 9.84 Å². The molecule has 7 nitrogen and oxygen atoms in total. The monoisotopic (exact) mass is 490 g/mol. The Bertz CT molecular complexity index is 1210. The molecule has 1 aliphatic carbocycles. The van der Waals surface area contributed by atoms with Crippen molar-refractivity contribution in [1.29, 1.82) is 0 Å². The standard InChI is InChI=1S/C27H34N4O3Si/c1-18-28-26-23-12-13-24(29-27(23)35(2,3)15-14-34-17-31(18)30-26)22-10-8-21(9-11-22)20-6-4-19(5-7-20)16-25(32)33/h8-13,19-20H,4-7,14-17H2,1-3H3,(H,32,33)/t19-,20-. The molecule has 1 fully saturated rings. The molecule has 0 atom stereocenters. The molecule has 1 saturated carbocycles. The fourth-order valence-corrected chi connectivity index (χ4v) is 7.68. The number of fused-ring (bicyclic) bond motifs is 4. The van der Waals surface area contributed by atoms with Crippen molar-refractivity contribution in [3.05, 3.63) is 47.8 Å². The van der Waals surface area contributed by atoms with Gasteiger partial charge in [-0.15, -0.1) is 5.10 Å². The summed E-state index contributed by atoms with van der Waals surface area (Å²) in [5.74, 6) is 1.75. The largest absolute Gasteiger partial charge is 0.481 e. The molecule has 8 heteroatoms. The van der Waals surface area contributed by atoms with E-state index in [0.717, 1.165) is 65.5 Å². The van der Waals surface area contributed by atoms with Gasteiger partial charge in [0.2, 0.25) is 0 Å². The van der Waals surface area contributed by atoms with Gasteiger partial charge >= 0.3 is 5.97 Å². The Kier molecular flexibility index (Phi) is 6.59. The third-order valence-electron chi connectivity index (χ3n) is 7.71. The number of rotatable bonds is 4. The fraction of sp³-hybridized carbons (Fsp3) is 0.481. The second-order valence-corrected chi connectivity index (χ2v) is 15.4. The Morgan fingerprint density at radius 2 is 1.83 bits per heavy atom. The number of hydrogen-bond donors (Lipinski definition) is 1. The molecule has 0 amide bonds. The summed E-state index contributed by atoms with van der Waals surface area (Å²) >= 11 is 0. The summed E-state index contributed by atoms with van der Waals surface area (Å²) < 4.78 is 7.71. The van der Waals surface area contributed by atoms with E-state index in [1.807, 2.05) is 11.6 Å². The van der Waals surface area contributed by atoms with Crippen LogP contribution in [0.3, 0.4) is 0 Å². The molecule has 2 bridgehead atoms. The van der Waals surface area contributed by atoms with E-state index in [4.69, 9.17) is 24.9 Å². The van der Waals surface area contributed by atoms with Crippen LogP contribution in [0.15, 0.2) is 36.4 Å². The number of carboxylic acid groups (broad SMARTS) is 1. The molecular weight excluding hydrogens is 456 g/mol. The van der Waals surface area contributed by atoms with Gasteiger partial charge in [0.25, 0.3) is 0 Å². The van der Waals surface area contributed by atoms with Gasteiger partial charge in [0.05, 0.1) is 5.69 Å². The molecular formula is C27H34N4O3Si. The summed E-state index contributed by atoms with van der Waals surface area (Å²) in [6, 6.07) is 14.1. The van der Waals surface area contributed by atoms with Gasteiger partial charge in [-0.3, -0.25) is 9.78 Å². The number of ether oxygens (including phenoxy) is 1. The second kappa shape index (κ2) is 9.66. The zero-order valence-corrected chi connectivity index (χ0v) is 21.8. The van der Waals surface area contributed by atoms with Crippen LogP contribution in [0.4, 0.5) is 0 Å². The molecule has 0 radical (unpaired) electrons. The zero-order chi connectivity index (χ0) is 24.6. The number of carbonyl (C=O) groups is 1. The number of pyridine rings is 1. The molecule has 5 rings (SSSR count). The maximum Gasteiger partial charge on any atom is 0.303 e. The highest BCUT2D eigenvalue weighted by atomic mass is 28.3. The van der Waals surface area contributed by atoms with Gasteiger partial charge in [-0.2, -0.15) is 0 Å². The van der Waals surface area contributed by atoms with Crippen molar-refractivity contribution in [3.8, 4) is 22.6 Å². The van der Waals surface area contributed by atoms with Crippen LogP contribution in [0, 0.1) is 12.8 Å². The van der Waals surface area contributed by atoms with Gasteiger partial charge in [-0.1, -0.05) is 37.4 Å². The van der Waals surface area contributed by atoms with E-state index in [-0.39, 0.29) is 0 Å². The van der Waals surface area contributed by atoms with Crippen LogP contribution in [0.2, 0.25) is 19.1 Å². The van der Waals surface area contributed by atoms with Crippen LogP contribution in [0.1, 0.15) is 49.4 Å². The first-order valence-corrected chi connectivity index (χ1v) is 15.8. The van der Waals surface area contributed by atoms with Gasteiger partial charge in [0.15, 0.2) is 5.82 Å². The highest BCUT2D eigenvalue weighted by molar-refractivity contribution is 6.90. The first kappa shape index (κ1) is 23.9. The van der Waals surface area contributed by atoms with E-state index in [1.54, 1.807) is 0 Å². The van der Waals surface area contributed by atoms with E-state index in [1.165, 1.54) is 5.56 Å². The number of carboxylic acids is 1. The molecule has 35 heavy (non-hydrogen) atoms. The molecule has 3 aromatic rings. The molecule has 2 aliphatic rings. The smallest absolute Gasteiger partial charge is 0.303 e. The van der Waals surface area contributed by atoms with Crippen LogP contribution in [-0.2, 0) is 16.3 Å². The summed E-state index contributed by atoms with van der Waals surface area (Å²) in [4.78, 5) is 20.9. The van der Waals surface area contributed by atoms with Crippen molar-refractivity contribution >= 4 is 19.4 Å². The minimum Gasteiger partial charge on any atom is -0.481 e. The highest BCUT2D eigenvalue weighted by Gasteiger charge is 2.31. The Hall–Kier alpha value is -2.84. The minimum absolute atomic E-state index is 0.302. The molecule has 1 aromatic carbocycles. The topological polar surface area (TPSA) is 90.1 Å². The Morgan fingerprint density at radius 3 is 2.54 bits per heavy atom. The number of nitrogens with zero attached hydrogens (tertiary/aromatic N) is 4. The highest BCUT2D eigenvalue weighted by Crippen LogP contribution is 2.37. The summed E-state index contributed by atoms with van der Waals surface area (Å²) in [6.45, 7) is 7.80. The number of hydrogen-bond acceptors (Lipinski definition) is 5. The first-order valence-electron chi connectivity index (χ1n) is 12.6. The first-order chi connectivity index (χ1) is 16.8. The average Bonchev–Trinajstić information content (AvgIpc) is 3.21.